The SMILES string of the molecule is COc1cccc(NC(=O)c2ccc3nnc(C4CCN(Cc5ccccc5)C4)n3c2)c1. The van der Waals surface area contributed by atoms with Gasteiger partial charge in [0.1, 0.15) is 11.6 Å². The van der Waals surface area contributed by atoms with Gasteiger partial charge in [-0.3, -0.25) is 14.1 Å². The second-order valence-electron chi connectivity index (χ2n) is 8.10. The molecular formula is C25H25N5O2. The van der Waals surface area contributed by atoms with Crippen LogP contribution in [0.5, 0.6) is 5.75 Å². The summed E-state index contributed by atoms with van der Waals surface area (Å²) < 4.78 is 7.19. The number of aromatic nitrogens is 3. The number of hydrogen-bond acceptors (Lipinski definition) is 5. The van der Waals surface area contributed by atoms with Crippen LogP contribution >= 0.6 is 0 Å². The lowest BCUT2D eigenvalue weighted by molar-refractivity contribution is 0.102. The van der Waals surface area contributed by atoms with E-state index < -0.39 is 0 Å². The Hall–Kier alpha value is -3.71. The van der Waals surface area contributed by atoms with Crippen LogP contribution in [0, 0.1) is 0 Å². The normalized spacial score (nSPS) is 16.3. The molecule has 2 aromatic heterocycles. The Labute approximate surface area is 186 Å². The number of nitrogens with one attached hydrogen (secondary N) is 1. The summed E-state index contributed by atoms with van der Waals surface area (Å²) in [4.78, 5) is 15.3. The van der Waals surface area contributed by atoms with Gasteiger partial charge in [0.25, 0.3) is 5.91 Å². The maximum absolute atomic E-state index is 12.9. The van der Waals surface area contributed by atoms with E-state index in [1.165, 1.54) is 5.56 Å². The standard InChI is InChI=1S/C25H25N5O2/c1-32-22-9-5-8-21(14-22)26-25(31)20-10-11-23-27-28-24(30(23)17-20)19-12-13-29(16-19)15-18-6-3-2-4-7-18/h2-11,14,17,19H,12-13,15-16H2,1H3,(H,26,31). The molecule has 0 saturated carbocycles. The van der Waals surface area contributed by atoms with E-state index in [1.807, 2.05) is 40.9 Å². The number of amides is 1. The topological polar surface area (TPSA) is 71.8 Å². The molecule has 1 aliphatic rings. The van der Waals surface area contributed by atoms with Crippen LogP contribution in [-0.4, -0.2) is 45.6 Å². The molecule has 1 fully saturated rings. The number of carbonyl (C=O) groups is 1. The summed E-state index contributed by atoms with van der Waals surface area (Å²) in [6, 6.07) is 21.4. The summed E-state index contributed by atoms with van der Waals surface area (Å²) in [7, 11) is 1.60. The maximum atomic E-state index is 12.9. The van der Waals surface area contributed by atoms with Gasteiger partial charge in [-0.25, -0.2) is 0 Å². The van der Waals surface area contributed by atoms with Gasteiger partial charge in [-0.05, 0) is 42.8 Å². The van der Waals surface area contributed by atoms with Crippen LogP contribution in [0.3, 0.4) is 0 Å². The minimum Gasteiger partial charge on any atom is -0.497 e. The Bertz CT molecular complexity index is 1240. The van der Waals surface area contributed by atoms with Crippen molar-refractivity contribution in [2.45, 2.75) is 18.9 Å². The minimum atomic E-state index is -0.183. The zero-order chi connectivity index (χ0) is 21.9. The van der Waals surface area contributed by atoms with Crippen molar-refractivity contribution in [3.63, 3.8) is 0 Å². The van der Waals surface area contributed by atoms with Gasteiger partial charge < -0.3 is 10.1 Å². The lowest BCUT2D eigenvalue weighted by Crippen LogP contribution is -2.20. The molecule has 1 N–H and O–H groups in total. The van der Waals surface area contributed by atoms with Crippen LogP contribution < -0.4 is 10.1 Å². The molecule has 1 aliphatic heterocycles. The molecule has 162 valence electrons. The minimum absolute atomic E-state index is 0.183. The molecule has 5 rings (SSSR count). The highest BCUT2D eigenvalue weighted by Gasteiger charge is 2.27. The van der Waals surface area contributed by atoms with E-state index in [0.717, 1.165) is 37.5 Å². The van der Waals surface area contributed by atoms with E-state index in [0.29, 0.717) is 17.0 Å². The third-order valence-corrected chi connectivity index (χ3v) is 5.91. The van der Waals surface area contributed by atoms with Crippen LogP contribution in [0.2, 0.25) is 0 Å². The van der Waals surface area contributed by atoms with E-state index in [-0.39, 0.29) is 11.8 Å². The third kappa shape index (κ3) is 4.20. The average Bonchev–Trinajstić information content (AvgIpc) is 3.46. The van der Waals surface area contributed by atoms with Crippen molar-refractivity contribution in [2.24, 2.45) is 0 Å². The highest BCUT2D eigenvalue weighted by molar-refractivity contribution is 6.04. The molecule has 1 saturated heterocycles. The second kappa shape index (κ2) is 8.80. The van der Waals surface area contributed by atoms with Gasteiger partial charge in [0.05, 0.1) is 12.7 Å². The summed E-state index contributed by atoms with van der Waals surface area (Å²) in [5.74, 6) is 1.70. The van der Waals surface area contributed by atoms with Gasteiger partial charge in [-0.15, -0.1) is 10.2 Å². The van der Waals surface area contributed by atoms with Gasteiger partial charge >= 0.3 is 0 Å². The number of methoxy groups -OCH3 is 1. The lowest BCUT2D eigenvalue weighted by Gasteiger charge is -2.15. The predicted octanol–water partition coefficient (Wildman–Crippen LogP) is 3.98. The first-order chi connectivity index (χ1) is 15.7. The number of nitrogens with zero attached hydrogens (tertiary/aromatic N) is 4. The van der Waals surface area contributed by atoms with E-state index >= 15 is 0 Å². The molecule has 1 atom stereocenters. The zero-order valence-corrected chi connectivity index (χ0v) is 17.9. The molecule has 4 aromatic rings. The molecule has 7 nitrogen and oxygen atoms in total. The number of hydrogen-bond donors (Lipinski definition) is 1. The largest absolute Gasteiger partial charge is 0.497 e. The molecule has 2 aromatic carbocycles. The monoisotopic (exact) mass is 427 g/mol. The summed E-state index contributed by atoms with van der Waals surface area (Å²) in [6.07, 6.45) is 2.86. The smallest absolute Gasteiger partial charge is 0.257 e. The van der Waals surface area contributed by atoms with E-state index in [4.69, 9.17) is 4.74 Å². The molecule has 0 aliphatic carbocycles. The van der Waals surface area contributed by atoms with Crippen molar-refractivity contribution in [1.82, 2.24) is 19.5 Å². The summed E-state index contributed by atoms with van der Waals surface area (Å²) >= 11 is 0. The first kappa shape index (κ1) is 20.2. The van der Waals surface area contributed by atoms with Crippen LogP contribution in [0.25, 0.3) is 5.65 Å². The first-order valence-corrected chi connectivity index (χ1v) is 10.8. The quantitative estimate of drug-likeness (QED) is 0.504. The molecule has 7 heteroatoms. The Morgan fingerprint density at radius 2 is 1.97 bits per heavy atom. The van der Waals surface area contributed by atoms with Crippen molar-refractivity contribution in [1.29, 1.82) is 0 Å². The number of ether oxygens (including phenoxy) is 1. The van der Waals surface area contributed by atoms with Gasteiger partial charge in [0, 0.05) is 37.0 Å². The molecule has 0 bridgehead atoms. The lowest BCUT2D eigenvalue weighted by atomic mass is 10.1. The number of rotatable bonds is 6. The van der Waals surface area contributed by atoms with Gasteiger partial charge in [-0.2, -0.15) is 0 Å². The Morgan fingerprint density at radius 3 is 2.81 bits per heavy atom. The predicted molar refractivity (Wildman–Crippen MR) is 123 cm³/mol. The third-order valence-electron chi connectivity index (χ3n) is 5.91. The summed E-state index contributed by atoms with van der Waals surface area (Å²) in [6.45, 7) is 2.88. The Kier molecular flexibility index (Phi) is 5.56. The number of carbonyl (C=O) groups excluding carboxylic acids is 1. The van der Waals surface area contributed by atoms with Crippen molar-refractivity contribution in [2.75, 3.05) is 25.5 Å². The summed E-state index contributed by atoms with van der Waals surface area (Å²) in [5, 5.41) is 11.7. The van der Waals surface area contributed by atoms with Crippen LogP contribution in [0.4, 0.5) is 5.69 Å². The van der Waals surface area contributed by atoms with Gasteiger partial charge in [0.2, 0.25) is 0 Å². The van der Waals surface area contributed by atoms with E-state index in [1.54, 1.807) is 19.2 Å². The fourth-order valence-corrected chi connectivity index (χ4v) is 4.25. The molecule has 0 radical (unpaired) electrons. The van der Waals surface area contributed by atoms with E-state index in [9.17, 15) is 4.79 Å². The van der Waals surface area contributed by atoms with Crippen molar-refractivity contribution >= 4 is 17.2 Å². The Balaban J connectivity index is 1.33. The van der Waals surface area contributed by atoms with Crippen LogP contribution in [-0.2, 0) is 6.54 Å². The highest BCUT2D eigenvalue weighted by atomic mass is 16.5. The van der Waals surface area contributed by atoms with Crippen molar-refractivity contribution in [3.8, 4) is 5.75 Å². The number of likely N-dealkylation sites (tertiary alicyclic amines) is 1. The van der Waals surface area contributed by atoms with Gasteiger partial charge in [0.15, 0.2) is 5.65 Å². The number of benzene rings is 2. The number of anilines is 1. The average molecular weight is 428 g/mol. The van der Waals surface area contributed by atoms with Crippen molar-refractivity contribution in [3.05, 3.63) is 89.9 Å². The summed E-state index contributed by atoms with van der Waals surface area (Å²) in [5.41, 5.74) is 3.31. The molecule has 1 unspecified atom stereocenters. The zero-order valence-electron chi connectivity index (χ0n) is 17.9. The van der Waals surface area contributed by atoms with Crippen LogP contribution in [0.15, 0.2) is 72.9 Å². The van der Waals surface area contributed by atoms with Gasteiger partial charge in [-0.1, -0.05) is 36.4 Å². The Morgan fingerprint density at radius 1 is 1.09 bits per heavy atom. The first-order valence-electron chi connectivity index (χ1n) is 10.8. The fourth-order valence-electron chi connectivity index (χ4n) is 4.25. The van der Waals surface area contributed by atoms with Crippen LogP contribution in [0.1, 0.15) is 34.1 Å². The van der Waals surface area contributed by atoms with Crippen molar-refractivity contribution < 1.29 is 9.53 Å². The highest BCUT2D eigenvalue weighted by Crippen LogP contribution is 2.28. The number of fused-ring (bicyclic) bond motifs is 1. The molecule has 3 heterocycles. The molecule has 32 heavy (non-hydrogen) atoms. The maximum Gasteiger partial charge on any atom is 0.257 e. The fraction of sp³-hybridized carbons (Fsp3) is 0.240. The number of pyridine rings is 1. The molecule has 0 spiro atoms. The second-order valence-corrected chi connectivity index (χ2v) is 8.10. The molecule has 1 amide bonds. The molecular weight excluding hydrogens is 402 g/mol. The van der Waals surface area contributed by atoms with E-state index in [2.05, 4.69) is 44.7 Å².